The molecule has 1 amide bonds. The minimum absolute atomic E-state index is 0.634. The van der Waals surface area contributed by atoms with Gasteiger partial charge in [0.25, 0.3) is 0 Å². The van der Waals surface area contributed by atoms with Gasteiger partial charge in [0.2, 0.25) is 6.41 Å². The molecule has 0 radical (unpaired) electrons. The number of nitrogens with zero attached hydrogens (tertiary/aromatic N) is 3. The summed E-state index contributed by atoms with van der Waals surface area (Å²) in [6, 6.07) is 12.8. The largest absolute Gasteiger partial charge is 0.497 e. The number of methoxy groups -OCH3 is 1. The van der Waals surface area contributed by atoms with Crippen LogP contribution in [0.15, 0.2) is 42.5 Å². The van der Waals surface area contributed by atoms with Crippen LogP contribution in [-0.4, -0.2) is 28.5 Å². The molecule has 0 saturated carbocycles. The van der Waals surface area contributed by atoms with E-state index in [0.717, 1.165) is 17.0 Å². The Morgan fingerprint density at radius 1 is 1.10 bits per heavy atom. The van der Waals surface area contributed by atoms with E-state index >= 15 is 0 Å². The molecule has 2 aromatic carbocycles. The maximum atomic E-state index is 10.4. The van der Waals surface area contributed by atoms with Gasteiger partial charge in [-0.15, -0.1) is 10.2 Å². The lowest BCUT2D eigenvalue weighted by atomic mass is 10.3. The Kier molecular flexibility index (Phi) is 3.04. The van der Waals surface area contributed by atoms with Crippen molar-refractivity contribution in [2.45, 2.75) is 0 Å². The summed E-state index contributed by atoms with van der Waals surface area (Å²) in [6.45, 7) is 0. The van der Waals surface area contributed by atoms with Gasteiger partial charge in [0.1, 0.15) is 16.8 Å². The van der Waals surface area contributed by atoms with E-state index < -0.39 is 0 Å². The summed E-state index contributed by atoms with van der Waals surface area (Å²) in [7, 11) is 1.62. The van der Waals surface area contributed by atoms with E-state index in [-0.39, 0.29) is 0 Å². The molecule has 100 valence electrons. The summed E-state index contributed by atoms with van der Waals surface area (Å²) in [5.41, 5.74) is 3.01. The first-order chi connectivity index (χ1) is 9.80. The Labute approximate surface area is 115 Å². The number of rotatable bonds is 4. The van der Waals surface area contributed by atoms with Crippen molar-refractivity contribution in [2.75, 3.05) is 12.4 Å². The molecule has 20 heavy (non-hydrogen) atoms. The number of hydrogen-bond donors (Lipinski definition) is 1. The average molecular weight is 268 g/mol. The first kappa shape index (κ1) is 12.2. The van der Waals surface area contributed by atoms with Crippen molar-refractivity contribution in [3.05, 3.63) is 42.5 Å². The zero-order valence-electron chi connectivity index (χ0n) is 10.8. The molecule has 1 N–H and O–H groups in total. The second-order valence-corrected chi connectivity index (χ2v) is 4.15. The quantitative estimate of drug-likeness (QED) is 0.735. The predicted octanol–water partition coefficient (Wildman–Crippen LogP) is 2.00. The Morgan fingerprint density at radius 3 is 2.55 bits per heavy atom. The van der Waals surface area contributed by atoms with Crippen LogP contribution in [0.4, 0.5) is 5.69 Å². The van der Waals surface area contributed by atoms with Crippen LogP contribution in [-0.2, 0) is 4.79 Å². The van der Waals surface area contributed by atoms with Gasteiger partial charge in [0.15, 0.2) is 0 Å². The normalized spacial score (nSPS) is 10.4. The molecule has 1 aromatic heterocycles. The molecule has 6 nitrogen and oxygen atoms in total. The van der Waals surface area contributed by atoms with Crippen LogP contribution in [0.25, 0.3) is 16.7 Å². The van der Waals surface area contributed by atoms with Gasteiger partial charge in [0, 0.05) is 5.69 Å². The van der Waals surface area contributed by atoms with Crippen LogP contribution in [0.1, 0.15) is 0 Å². The second-order valence-electron chi connectivity index (χ2n) is 4.15. The predicted molar refractivity (Wildman–Crippen MR) is 75.1 cm³/mol. The first-order valence-electron chi connectivity index (χ1n) is 6.02. The van der Waals surface area contributed by atoms with Gasteiger partial charge >= 0.3 is 0 Å². The summed E-state index contributed by atoms with van der Waals surface area (Å²) >= 11 is 0. The third kappa shape index (κ3) is 2.18. The number of amides is 1. The summed E-state index contributed by atoms with van der Waals surface area (Å²) in [6.07, 6.45) is 0.634. The van der Waals surface area contributed by atoms with Crippen molar-refractivity contribution in [3.63, 3.8) is 0 Å². The maximum Gasteiger partial charge on any atom is 0.211 e. The van der Waals surface area contributed by atoms with Crippen LogP contribution in [0.3, 0.4) is 0 Å². The molecular weight excluding hydrogens is 256 g/mol. The zero-order chi connectivity index (χ0) is 13.9. The molecule has 0 unspecified atom stereocenters. The SMILES string of the molecule is COc1ccc(-n2nc3ccc(NC=O)cc3n2)cc1. The summed E-state index contributed by atoms with van der Waals surface area (Å²) in [5, 5.41) is 11.4. The molecule has 3 aromatic rings. The second kappa shape index (κ2) is 5.00. The number of hydrogen-bond acceptors (Lipinski definition) is 4. The number of ether oxygens (including phenoxy) is 1. The molecule has 0 aliphatic rings. The third-order valence-corrected chi connectivity index (χ3v) is 2.91. The van der Waals surface area contributed by atoms with E-state index in [0.29, 0.717) is 17.6 Å². The highest BCUT2D eigenvalue weighted by Gasteiger charge is 2.05. The molecule has 0 saturated heterocycles. The first-order valence-corrected chi connectivity index (χ1v) is 6.02. The highest BCUT2D eigenvalue weighted by Crippen LogP contribution is 2.18. The minimum atomic E-state index is 0.634. The molecule has 0 aliphatic heterocycles. The van der Waals surface area contributed by atoms with Gasteiger partial charge in [-0.3, -0.25) is 4.79 Å². The fraction of sp³-hybridized carbons (Fsp3) is 0.0714. The smallest absolute Gasteiger partial charge is 0.211 e. The van der Waals surface area contributed by atoms with Gasteiger partial charge in [-0.25, -0.2) is 0 Å². The van der Waals surface area contributed by atoms with Crippen molar-refractivity contribution in [1.82, 2.24) is 15.0 Å². The Balaban J connectivity index is 2.00. The highest BCUT2D eigenvalue weighted by atomic mass is 16.5. The van der Waals surface area contributed by atoms with E-state index in [1.54, 1.807) is 24.0 Å². The van der Waals surface area contributed by atoms with Crippen molar-refractivity contribution in [1.29, 1.82) is 0 Å². The average Bonchev–Trinajstić information content (AvgIpc) is 2.91. The number of benzene rings is 2. The van der Waals surface area contributed by atoms with Gasteiger partial charge in [0.05, 0.1) is 12.8 Å². The number of carbonyl (C=O) groups is 1. The lowest BCUT2D eigenvalue weighted by Crippen LogP contribution is -1.98. The molecule has 0 aliphatic carbocycles. The third-order valence-electron chi connectivity index (χ3n) is 2.91. The van der Waals surface area contributed by atoms with Crippen LogP contribution in [0, 0.1) is 0 Å². The molecule has 0 bridgehead atoms. The van der Waals surface area contributed by atoms with Crippen LogP contribution in [0.2, 0.25) is 0 Å². The monoisotopic (exact) mass is 268 g/mol. The van der Waals surface area contributed by atoms with E-state index in [2.05, 4.69) is 15.5 Å². The fourth-order valence-electron chi connectivity index (χ4n) is 1.90. The Morgan fingerprint density at radius 2 is 1.85 bits per heavy atom. The van der Waals surface area contributed by atoms with Gasteiger partial charge in [-0.05, 0) is 42.5 Å². The van der Waals surface area contributed by atoms with Gasteiger partial charge in [-0.2, -0.15) is 4.80 Å². The summed E-state index contributed by atoms with van der Waals surface area (Å²) in [4.78, 5) is 12.0. The summed E-state index contributed by atoms with van der Waals surface area (Å²) < 4.78 is 5.12. The lowest BCUT2D eigenvalue weighted by molar-refractivity contribution is -0.105. The topological polar surface area (TPSA) is 69.0 Å². The lowest BCUT2D eigenvalue weighted by Gasteiger charge is -2.01. The van der Waals surface area contributed by atoms with E-state index in [4.69, 9.17) is 4.74 Å². The van der Waals surface area contributed by atoms with Gasteiger partial charge in [-0.1, -0.05) is 0 Å². The van der Waals surface area contributed by atoms with E-state index in [1.165, 1.54) is 0 Å². The van der Waals surface area contributed by atoms with Crippen LogP contribution < -0.4 is 10.1 Å². The molecule has 0 atom stereocenters. The Hall–Kier alpha value is -2.89. The maximum absolute atomic E-state index is 10.4. The molecule has 0 spiro atoms. The van der Waals surface area contributed by atoms with Crippen molar-refractivity contribution in [2.24, 2.45) is 0 Å². The number of carbonyl (C=O) groups excluding carboxylic acids is 1. The highest BCUT2D eigenvalue weighted by molar-refractivity contribution is 5.82. The molecular formula is C14H12N4O2. The van der Waals surface area contributed by atoms with Crippen LogP contribution in [0.5, 0.6) is 5.75 Å². The van der Waals surface area contributed by atoms with Crippen molar-refractivity contribution >= 4 is 23.1 Å². The number of aromatic nitrogens is 3. The number of fused-ring (bicyclic) bond motifs is 1. The van der Waals surface area contributed by atoms with Crippen LogP contribution >= 0.6 is 0 Å². The van der Waals surface area contributed by atoms with Crippen molar-refractivity contribution < 1.29 is 9.53 Å². The Bertz CT molecular complexity index is 749. The molecule has 6 heteroatoms. The molecule has 0 fully saturated rings. The zero-order valence-corrected chi connectivity index (χ0v) is 10.8. The summed E-state index contributed by atoms with van der Waals surface area (Å²) in [5.74, 6) is 0.780. The standard InChI is InChI=1S/C14H12N4O2/c1-20-12-5-3-11(4-6-12)18-16-13-7-2-10(15-9-19)8-14(13)17-18/h2-9H,1H3,(H,15,19). The number of nitrogens with one attached hydrogen (secondary N) is 1. The fourth-order valence-corrected chi connectivity index (χ4v) is 1.90. The van der Waals surface area contributed by atoms with Gasteiger partial charge < -0.3 is 10.1 Å². The van der Waals surface area contributed by atoms with E-state index in [9.17, 15) is 4.79 Å². The minimum Gasteiger partial charge on any atom is -0.497 e. The van der Waals surface area contributed by atoms with Crippen molar-refractivity contribution in [3.8, 4) is 11.4 Å². The van der Waals surface area contributed by atoms with E-state index in [1.807, 2.05) is 30.3 Å². The number of anilines is 1. The molecule has 1 heterocycles. The molecule has 3 rings (SSSR count).